The van der Waals surface area contributed by atoms with Crippen LogP contribution in [0, 0.1) is 58.2 Å². The molecule has 0 atom stereocenters. The second-order valence-electron chi connectivity index (χ2n) is 14.3. The highest BCUT2D eigenvalue weighted by atomic mass is 79.9. The summed E-state index contributed by atoms with van der Waals surface area (Å²) in [6.45, 7) is 5.34. The monoisotopic (exact) mass is 1080 g/mol. The van der Waals surface area contributed by atoms with Gasteiger partial charge in [0.15, 0.2) is 0 Å². The number of alkyl halides is 2. The van der Waals surface area contributed by atoms with E-state index in [2.05, 4.69) is 93.7 Å². The number of methoxy groups -OCH3 is 1. The largest absolute Gasteiger partial charge is 0.508 e. The summed E-state index contributed by atoms with van der Waals surface area (Å²) in [5.74, 6) is 14.0. The van der Waals surface area contributed by atoms with Gasteiger partial charge in [0, 0.05) is 70.3 Å². The van der Waals surface area contributed by atoms with Crippen molar-refractivity contribution in [2.24, 2.45) is 11.8 Å². The summed E-state index contributed by atoms with van der Waals surface area (Å²) < 4.78 is 9.57. The van der Waals surface area contributed by atoms with Crippen molar-refractivity contribution in [1.82, 2.24) is 9.13 Å². The molecule has 2 fully saturated rings. The third-order valence-corrected chi connectivity index (χ3v) is 10.0. The molecule has 0 aliphatic heterocycles. The van der Waals surface area contributed by atoms with E-state index in [0.29, 0.717) is 35.6 Å². The minimum Gasteiger partial charge on any atom is -0.508 e. The normalized spacial score (nSPS) is 12.1. The third kappa shape index (κ3) is 13.4. The van der Waals surface area contributed by atoms with E-state index in [-0.39, 0.29) is 37.9 Å². The maximum absolute atomic E-state index is 11.9. The van der Waals surface area contributed by atoms with Gasteiger partial charge in [0.25, 0.3) is 0 Å². The number of amides is 2. The summed E-state index contributed by atoms with van der Waals surface area (Å²) in [4.78, 5) is 23.7. The van der Waals surface area contributed by atoms with Gasteiger partial charge in [-0.15, -0.1) is 70.5 Å². The zero-order valence-corrected chi connectivity index (χ0v) is 41.4. The van der Waals surface area contributed by atoms with E-state index in [0.717, 1.165) is 75.7 Å². The molecule has 326 valence electrons. The number of aromatic hydroxyl groups is 1. The lowest BCUT2D eigenvalue weighted by Gasteiger charge is -2.05. The molecular formula is C48H42BBr3Cl2N6O4. The van der Waals surface area contributed by atoms with Crippen LogP contribution in [0.3, 0.4) is 0 Å². The standard InChI is InChI=1S/C24H21N3O2.C23H19N3O2.CH2Cl2.BBr3/c1-3-27-22(21(15-25)20-12-11-19(29-2)14-23(20)27)13-6-16-4-9-18(10-5-16)26-24(28)17-7-8-17;1-2-26-21(20(14-24)19-11-10-18(27)13-22(19)26)12-5-15-3-8-17(9-4-15)25-23(28)16-6-7-16;2-1-3;2-1(3)4/h4-5,9-12,14,17H,3,7-8H2,1-2H3,(H,26,28);3-4,8-11,13,16,27H,2,6-7H2,1H3,(H,25,28);1H2;. The Labute approximate surface area is 408 Å². The van der Waals surface area contributed by atoms with Crippen molar-refractivity contribution in [1.29, 1.82) is 10.5 Å². The number of hydrogen-bond donors (Lipinski definition) is 3. The van der Waals surface area contributed by atoms with Crippen LogP contribution in [0.2, 0.25) is 0 Å². The zero-order valence-electron chi connectivity index (χ0n) is 35.1. The van der Waals surface area contributed by atoms with Gasteiger partial charge in [0.1, 0.15) is 35.0 Å². The summed E-state index contributed by atoms with van der Waals surface area (Å²) >= 11 is 18.8. The van der Waals surface area contributed by atoms with Gasteiger partial charge in [-0.25, -0.2) is 0 Å². The molecule has 16 heteroatoms. The number of phenolic OH excluding ortho intramolecular Hbond substituents is 1. The van der Waals surface area contributed by atoms with Gasteiger partial charge in [-0.3, -0.25) is 9.59 Å². The van der Waals surface area contributed by atoms with Crippen molar-refractivity contribution in [3.8, 4) is 47.3 Å². The first-order valence-corrected chi connectivity index (χ1v) is 24.0. The second-order valence-corrected chi connectivity index (χ2v) is 21.5. The summed E-state index contributed by atoms with van der Waals surface area (Å²) in [6, 6.07) is 30.1. The molecule has 0 spiro atoms. The maximum Gasteiger partial charge on any atom is 0.369 e. The number of fused-ring (bicyclic) bond motifs is 2. The first kappa shape index (κ1) is 49.7. The number of anilines is 2. The Morgan fingerprint density at radius 2 is 1.09 bits per heavy atom. The van der Waals surface area contributed by atoms with Crippen molar-refractivity contribution in [2.45, 2.75) is 52.6 Å². The topological polar surface area (TPSA) is 145 Å². The lowest BCUT2D eigenvalue weighted by atomic mass is 10.1. The van der Waals surface area contributed by atoms with Crippen LogP contribution in [-0.4, -0.2) is 41.7 Å². The van der Waals surface area contributed by atoms with Crippen LogP contribution in [0.5, 0.6) is 11.5 Å². The Bertz CT molecular complexity index is 2840. The highest BCUT2D eigenvalue weighted by Crippen LogP contribution is 2.32. The van der Waals surface area contributed by atoms with Crippen molar-refractivity contribution >= 4 is 119 Å². The number of aryl methyl sites for hydroxylation is 2. The van der Waals surface area contributed by atoms with Gasteiger partial charge in [0.05, 0.1) is 34.6 Å². The van der Waals surface area contributed by atoms with E-state index in [4.69, 9.17) is 27.9 Å². The van der Waals surface area contributed by atoms with Crippen molar-refractivity contribution in [2.75, 3.05) is 23.1 Å². The van der Waals surface area contributed by atoms with E-state index < -0.39 is 0 Å². The number of ether oxygens (including phenoxy) is 1. The number of halogens is 5. The molecule has 8 rings (SSSR count). The third-order valence-electron chi connectivity index (χ3n) is 10.0. The molecule has 2 heterocycles. The number of carbonyl (C=O) groups excluding carboxylic acids is 2. The molecule has 64 heavy (non-hydrogen) atoms. The first-order valence-electron chi connectivity index (χ1n) is 20.2. The highest BCUT2D eigenvalue weighted by molar-refractivity contribution is 9.69. The fourth-order valence-corrected chi connectivity index (χ4v) is 6.65. The van der Waals surface area contributed by atoms with Crippen molar-refractivity contribution in [3.05, 3.63) is 119 Å². The maximum atomic E-state index is 11.9. The number of carbonyl (C=O) groups is 2. The number of aromatic nitrogens is 2. The van der Waals surface area contributed by atoms with Crippen LogP contribution >= 0.6 is 70.5 Å². The SMILES string of the molecule is BrB(Br)Br.CCn1c(C#Cc2ccc(NC(=O)C3CC3)cc2)c(C#N)c2ccc(O)cc21.CCn1c(C#Cc2ccc(NC(=O)C3CC3)cc2)c(C#N)c2ccc(OC)cc21.ClCCl. The average Bonchev–Trinajstić information content (AvgIpc) is 4.24. The molecule has 2 amide bonds. The van der Waals surface area contributed by atoms with Gasteiger partial charge >= 0.3 is 3.18 Å². The molecule has 2 saturated carbocycles. The van der Waals surface area contributed by atoms with Crippen LogP contribution in [0.15, 0.2) is 84.9 Å². The Morgan fingerprint density at radius 1 is 0.703 bits per heavy atom. The lowest BCUT2D eigenvalue weighted by Crippen LogP contribution is -2.12. The molecule has 2 aliphatic carbocycles. The molecule has 2 aromatic heterocycles. The van der Waals surface area contributed by atoms with E-state index >= 15 is 0 Å². The number of nitrogens with one attached hydrogen (secondary N) is 2. The molecule has 4 aromatic carbocycles. The van der Waals surface area contributed by atoms with Crippen LogP contribution in [0.25, 0.3) is 21.8 Å². The molecule has 0 radical (unpaired) electrons. The van der Waals surface area contributed by atoms with Crippen LogP contribution in [0.1, 0.15) is 73.2 Å². The minimum absolute atomic E-state index is 0.0770. The molecule has 2 aliphatic rings. The number of nitrogens with zero attached hydrogens (tertiary/aromatic N) is 4. The minimum atomic E-state index is 0.0770. The summed E-state index contributed by atoms with van der Waals surface area (Å²) in [5.41, 5.74) is 7.31. The summed E-state index contributed by atoms with van der Waals surface area (Å²) in [5, 5.41) is 36.8. The Balaban J connectivity index is 0.000000211. The molecule has 6 aromatic rings. The molecule has 0 bridgehead atoms. The van der Waals surface area contributed by atoms with Crippen LogP contribution in [-0.2, 0) is 22.7 Å². The van der Waals surface area contributed by atoms with Crippen molar-refractivity contribution < 1.29 is 19.4 Å². The van der Waals surface area contributed by atoms with Gasteiger partial charge in [-0.1, -0.05) is 11.8 Å². The zero-order chi connectivity index (χ0) is 46.3. The fourth-order valence-electron chi connectivity index (χ4n) is 6.65. The van der Waals surface area contributed by atoms with Gasteiger partial charge < -0.3 is 29.6 Å². The Morgan fingerprint density at radius 3 is 1.45 bits per heavy atom. The van der Waals surface area contributed by atoms with Crippen LogP contribution in [0.4, 0.5) is 11.4 Å². The average molecular weight is 1090 g/mol. The van der Waals surface area contributed by atoms with Gasteiger partial charge in [-0.05, 0) is 124 Å². The predicted octanol–water partition coefficient (Wildman–Crippen LogP) is 11.9. The van der Waals surface area contributed by atoms with E-state index in [1.54, 1.807) is 25.3 Å². The second kappa shape index (κ2) is 24.1. The first-order chi connectivity index (χ1) is 30.9. The quantitative estimate of drug-likeness (QED) is 0.0825. The smallest absolute Gasteiger partial charge is 0.369 e. The predicted molar refractivity (Wildman–Crippen MR) is 270 cm³/mol. The molecule has 0 unspecified atom stereocenters. The van der Waals surface area contributed by atoms with E-state index in [1.165, 1.54) is 0 Å². The van der Waals surface area contributed by atoms with Gasteiger partial charge in [0.2, 0.25) is 11.8 Å². The fraction of sp³-hybridized carbons (Fsp3) is 0.250. The van der Waals surface area contributed by atoms with E-state index in [9.17, 15) is 25.2 Å². The van der Waals surface area contributed by atoms with E-state index in [1.807, 2.05) is 89.7 Å². The summed E-state index contributed by atoms with van der Waals surface area (Å²) in [6.07, 6.45) is 3.90. The lowest BCUT2D eigenvalue weighted by molar-refractivity contribution is -0.118. The number of benzene rings is 4. The number of nitriles is 2. The van der Waals surface area contributed by atoms with Gasteiger partial charge in [-0.2, -0.15) is 10.5 Å². The number of rotatable bonds is 7. The highest BCUT2D eigenvalue weighted by Gasteiger charge is 2.30. The number of hydrogen-bond acceptors (Lipinski definition) is 6. The molecule has 0 saturated heterocycles. The molecule has 10 nitrogen and oxygen atoms in total. The Kier molecular flexibility index (Phi) is 18.7. The Hall–Kier alpha value is -5.32. The van der Waals surface area contributed by atoms with Crippen LogP contribution < -0.4 is 15.4 Å². The summed E-state index contributed by atoms with van der Waals surface area (Å²) in [7, 11) is 1.63. The molecule has 3 N–H and O–H groups in total. The van der Waals surface area contributed by atoms with Crippen molar-refractivity contribution in [3.63, 3.8) is 0 Å². The number of phenols is 1. The molecular weight excluding hydrogens is 1050 g/mol.